The summed E-state index contributed by atoms with van der Waals surface area (Å²) in [5.74, 6) is -0.771. The maximum atomic E-state index is 12.4. The van der Waals surface area contributed by atoms with Crippen molar-refractivity contribution in [2.24, 2.45) is 0 Å². The van der Waals surface area contributed by atoms with Crippen LogP contribution in [0.2, 0.25) is 5.02 Å². The van der Waals surface area contributed by atoms with Crippen LogP contribution < -0.4 is 14.8 Å². The molecule has 0 saturated heterocycles. The second-order valence-corrected chi connectivity index (χ2v) is 6.27. The summed E-state index contributed by atoms with van der Waals surface area (Å²) in [6.07, 6.45) is -1.06. The van der Waals surface area contributed by atoms with Crippen molar-refractivity contribution >= 4 is 34.9 Å². The Morgan fingerprint density at radius 2 is 1.64 bits per heavy atom. The molecule has 0 fully saturated rings. The first-order valence-corrected chi connectivity index (χ1v) is 8.69. The molecule has 0 heterocycles. The number of anilines is 1. The lowest BCUT2D eigenvalue weighted by Gasteiger charge is -2.15. The predicted octanol–water partition coefficient (Wildman–Crippen LogP) is 3.74. The molecule has 1 N–H and O–H groups in total. The molecule has 1 atom stereocenters. The number of carbonyl (C=O) groups excluding carboxylic acids is 3. The highest BCUT2D eigenvalue weighted by molar-refractivity contribution is 6.32. The second-order valence-electron chi connectivity index (χ2n) is 5.86. The van der Waals surface area contributed by atoms with E-state index in [-0.39, 0.29) is 22.1 Å². The van der Waals surface area contributed by atoms with Crippen LogP contribution in [0.4, 0.5) is 5.69 Å². The molecule has 0 aliphatic heterocycles. The van der Waals surface area contributed by atoms with Gasteiger partial charge in [-0.25, -0.2) is 4.79 Å². The fourth-order valence-corrected chi connectivity index (χ4v) is 2.64. The van der Waals surface area contributed by atoms with Crippen LogP contribution in [0, 0.1) is 0 Å². The Balaban J connectivity index is 2.06. The van der Waals surface area contributed by atoms with Crippen molar-refractivity contribution in [2.45, 2.75) is 20.0 Å². The second kappa shape index (κ2) is 9.23. The highest BCUT2D eigenvalue weighted by Crippen LogP contribution is 2.36. The smallest absolute Gasteiger partial charge is 0.339 e. The van der Waals surface area contributed by atoms with Gasteiger partial charge in [-0.2, -0.15) is 0 Å². The third kappa shape index (κ3) is 5.01. The lowest BCUT2D eigenvalue weighted by atomic mass is 10.1. The van der Waals surface area contributed by atoms with Crippen molar-refractivity contribution in [3.63, 3.8) is 0 Å². The van der Waals surface area contributed by atoms with Gasteiger partial charge in [-0.1, -0.05) is 11.6 Å². The van der Waals surface area contributed by atoms with Crippen LogP contribution in [-0.4, -0.2) is 38.0 Å². The lowest BCUT2D eigenvalue weighted by molar-refractivity contribution is -0.123. The molecular weight excluding hydrogens is 386 g/mol. The zero-order valence-electron chi connectivity index (χ0n) is 15.9. The van der Waals surface area contributed by atoms with Crippen molar-refractivity contribution in [1.82, 2.24) is 0 Å². The van der Waals surface area contributed by atoms with E-state index >= 15 is 0 Å². The molecule has 2 aromatic rings. The number of halogens is 1. The summed E-state index contributed by atoms with van der Waals surface area (Å²) < 4.78 is 15.5. The zero-order chi connectivity index (χ0) is 20.8. The van der Waals surface area contributed by atoms with Gasteiger partial charge in [-0.05, 0) is 50.2 Å². The number of nitrogens with one attached hydrogen (secondary N) is 1. The summed E-state index contributed by atoms with van der Waals surface area (Å²) in [6, 6.07) is 9.17. The van der Waals surface area contributed by atoms with Gasteiger partial charge in [0.15, 0.2) is 23.4 Å². The molecule has 8 heteroatoms. The number of hydrogen-bond donors (Lipinski definition) is 1. The number of amides is 1. The number of methoxy groups -OCH3 is 2. The van der Waals surface area contributed by atoms with Gasteiger partial charge < -0.3 is 19.5 Å². The van der Waals surface area contributed by atoms with Crippen molar-refractivity contribution in [3.8, 4) is 11.5 Å². The van der Waals surface area contributed by atoms with E-state index < -0.39 is 18.0 Å². The van der Waals surface area contributed by atoms with Crippen LogP contribution in [0.1, 0.15) is 34.6 Å². The van der Waals surface area contributed by atoms with E-state index in [9.17, 15) is 14.4 Å². The first-order valence-electron chi connectivity index (χ1n) is 8.31. The minimum Gasteiger partial charge on any atom is -0.493 e. The molecular formula is C20H20ClNO6. The van der Waals surface area contributed by atoms with Crippen molar-refractivity contribution in [1.29, 1.82) is 0 Å². The lowest BCUT2D eigenvalue weighted by Crippen LogP contribution is -2.30. The first kappa shape index (κ1) is 21.2. The van der Waals surface area contributed by atoms with E-state index in [0.717, 1.165) is 0 Å². The van der Waals surface area contributed by atoms with E-state index in [4.69, 9.17) is 25.8 Å². The zero-order valence-corrected chi connectivity index (χ0v) is 16.6. The van der Waals surface area contributed by atoms with E-state index in [1.165, 1.54) is 40.2 Å². The van der Waals surface area contributed by atoms with E-state index in [2.05, 4.69) is 5.32 Å². The number of rotatable bonds is 7. The molecule has 7 nitrogen and oxygen atoms in total. The maximum Gasteiger partial charge on any atom is 0.339 e. The van der Waals surface area contributed by atoms with Gasteiger partial charge in [0.2, 0.25) is 0 Å². The topological polar surface area (TPSA) is 90.9 Å². The summed E-state index contributed by atoms with van der Waals surface area (Å²) in [6.45, 7) is 2.90. The number of ketones is 1. The average Bonchev–Trinajstić information content (AvgIpc) is 2.67. The van der Waals surface area contributed by atoms with Gasteiger partial charge in [0, 0.05) is 11.3 Å². The van der Waals surface area contributed by atoms with Crippen LogP contribution in [0.15, 0.2) is 36.4 Å². The molecule has 0 radical (unpaired) electrons. The Labute approximate surface area is 167 Å². The number of esters is 1. The molecule has 0 aliphatic carbocycles. The Morgan fingerprint density at radius 1 is 1.00 bits per heavy atom. The number of Topliss-reactive ketones (excluding diaryl/α,β-unsaturated/α-hetero) is 1. The fourth-order valence-electron chi connectivity index (χ4n) is 2.35. The minimum atomic E-state index is -1.06. The Hall–Kier alpha value is -3.06. The van der Waals surface area contributed by atoms with Crippen molar-refractivity contribution in [2.75, 3.05) is 19.5 Å². The third-order valence-electron chi connectivity index (χ3n) is 3.88. The van der Waals surface area contributed by atoms with E-state index in [0.29, 0.717) is 17.0 Å². The van der Waals surface area contributed by atoms with Gasteiger partial charge in [-0.15, -0.1) is 0 Å². The summed E-state index contributed by atoms with van der Waals surface area (Å²) >= 11 is 6.08. The van der Waals surface area contributed by atoms with Gasteiger partial charge in [0.05, 0.1) is 24.8 Å². The number of hydrogen-bond acceptors (Lipinski definition) is 6. The number of benzene rings is 2. The molecule has 0 bridgehead atoms. The summed E-state index contributed by atoms with van der Waals surface area (Å²) in [4.78, 5) is 35.9. The van der Waals surface area contributed by atoms with Crippen LogP contribution in [-0.2, 0) is 9.53 Å². The normalized spacial score (nSPS) is 11.3. The molecule has 2 aromatic carbocycles. The van der Waals surface area contributed by atoms with Crippen LogP contribution in [0.5, 0.6) is 11.5 Å². The number of carbonyl (C=O) groups is 3. The summed E-state index contributed by atoms with van der Waals surface area (Å²) in [5.41, 5.74) is 1.13. The standard InChI is InChI=1S/C20H20ClNO6/c1-11(23)13-5-7-15(8-6-13)22-19(24)12(2)28-20(25)14-9-16(21)18(27-4)17(10-14)26-3/h5-10,12H,1-4H3,(H,22,24)/t12-/m0/s1. The van der Waals surface area contributed by atoms with Crippen LogP contribution in [0.25, 0.3) is 0 Å². The van der Waals surface area contributed by atoms with Crippen molar-refractivity contribution < 1.29 is 28.6 Å². The van der Waals surface area contributed by atoms with Gasteiger partial charge >= 0.3 is 5.97 Å². The number of ether oxygens (including phenoxy) is 3. The molecule has 0 saturated carbocycles. The average molecular weight is 406 g/mol. The highest BCUT2D eigenvalue weighted by Gasteiger charge is 2.21. The van der Waals surface area contributed by atoms with Crippen molar-refractivity contribution in [3.05, 3.63) is 52.5 Å². The molecule has 28 heavy (non-hydrogen) atoms. The van der Waals surface area contributed by atoms with Gasteiger partial charge in [0.25, 0.3) is 5.91 Å². The van der Waals surface area contributed by atoms with Crippen LogP contribution >= 0.6 is 11.6 Å². The molecule has 148 valence electrons. The van der Waals surface area contributed by atoms with Crippen LogP contribution in [0.3, 0.4) is 0 Å². The van der Waals surface area contributed by atoms with E-state index in [1.807, 2.05) is 0 Å². The quantitative estimate of drug-likeness (QED) is 0.557. The maximum absolute atomic E-state index is 12.4. The minimum absolute atomic E-state index is 0.0752. The Morgan fingerprint density at radius 3 is 2.18 bits per heavy atom. The Bertz CT molecular complexity index is 894. The summed E-state index contributed by atoms with van der Waals surface area (Å²) in [7, 11) is 2.84. The molecule has 0 aromatic heterocycles. The third-order valence-corrected chi connectivity index (χ3v) is 4.16. The molecule has 1 amide bonds. The van der Waals surface area contributed by atoms with E-state index in [1.54, 1.807) is 24.3 Å². The Kier molecular flexibility index (Phi) is 7.00. The molecule has 0 aliphatic rings. The largest absolute Gasteiger partial charge is 0.493 e. The monoisotopic (exact) mass is 405 g/mol. The molecule has 2 rings (SSSR count). The fraction of sp³-hybridized carbons (Fsp3) is 0.250. The SMILES string of the molecule is COc1cc(C(=O)O[C@@H](C)C(=O)Nc2ccc(C(C)=O)cc2)cc(Cl)c1OC. The summed E-state index contributed by atoms with van der Waals surface area (Å²) in [5, 5.41) is 2.80. The first-order chi connectivity index (χ1) is 13.3. The predicted molar refractivity (Wildman–Crippen MR) is 105 cm³/mol. The van der Waals surface area contributed by atoms with Gasteiger partial charge in [0.1, 0.15) is 0 Å². The van der Waals surface area contributed by atoms with Gasteiger partial charge in [-0.3, -0.25) is 9.59 Å². The highest BCUT2D eigenvalue weighted by atomic mass is 35.5. The molecule has 0 unspecified atom stereocenters. The molecule has 0 spiro atoms.